The van der Waals surface area contributed by atoms with Crippen molar-refractivity contribution >= 4 is 60.5 Å². The summed E-state index contributed by atoms with van der Waals surface area (Å²) in [6, 6.07) is 31.3. The Morgan fingerprint density at radius 1 is 0.404 bits per heavy atom. The van der Waals surface area contributed by atoms with Crippen LogP contribution in [-0.4, -0.2) is 0 Å². The van der Waals surface area contributed by atoms with Gasteiger partial charge in [0.2, 0.25) is 0 Å². The Bertz CT molecular complexity index is 3600. The van der Waals surface area contributed by atoms with E-state index in [-0.39, 0.29) is 35.4 Å². The number of nitrogens with zero attached hydrogens (tertiary/aromatic N) is 1. The molecular weight excluding hydrogens is 631 g/mol. The van der Waals surface area contributed by atoms with E-state index in [1.807, 2.05) is 84.9 Å². The highest BCUT2D eigenvalue weighted by Crippen LogP contribution is 2.43. The summed E-state index contributed by atoms with van der Waals surface area (Å²) in [4.78, 5) is 1.65. The van der Waals surface area contributed by atoms with Gasteiger partial charge in [0.1, 0.15) is 11.2 Å². The zero-order chi connectivity index (χ0) is 45.7. The number of benzene rings is 9. The first-order chi connectivity index (χ1) is 31.2. The van der Waals surface area contributed by atoms with Gasteiger partial charge in [-0.3, -0.25) is 0 Å². The second kappa shape index (κ2) is 12.5. The molecule has 10 rings (SSSR count). The van der Waals surface area contributed by atoms with Crippen LogP contribution in [0.1, 0.15) is 17.8 Å². The Morgan fingerprint density at radius 3 is 2.02 bits per heavy atom. The lowest BCUT2D eigenvalue weighted by atomic mass is 9.96. The van der Waals surface area contributed by atoms with Gasteiger partial charge < -0.3 is 9.32 Å². The van der Waals surface area contributed by atoms with Crippen LogP contribution in [0, 0.1) is 0 Å². The molecular formula is C50H33NO. The van der Waals surface area contributed by atoms with Crippen LogP contribution >= 0.6 is 0 Å². The number of furan rings is 1. The van der Waals surface area contributed by atoms with Gasteiger partial charge in [-0.05, 0) is 104 Å². The zero-order valence-corrected chi connectivity index (χ0v) is 27.4. The molecule has 2 nitrogen and oxygen atoms in total. The van der Waals surface area contributed by atoms with Gasteiger partial charge in [0.05, 0.1) is 23.5 Å². The van der Waals surface area contributed by atoms with Crippen LogP contribution in [0.2, 0.25) is 0 Å². The van der Waals surface area contributed by atoms with E-state index in [2.05, 4.69) is 0 Å². The van der Waals surface area contributed by atoms with Gasteiger partial charge in [-0.25, -0.2) is 0 Å². The fourth-order valence-electron chi connectivity index (χ4n) is 6.78. The van der Waals surface area contributed by atoms with E-state index in [1.54, 1.807) is 41.3 Å². The van der Waals surface area contributed by atoms with Gasteiger partial charge in [0.15, 0.2) is 0 Å². The molecule has 9 aromatic carbocycles. The first-order valence-corrected chi connectivity index (χ1v) is 16.7. The van der Waals surface area contributed by atoms with Gasteiger partial charge >= 0.3 is 0 Å². The number of anilines is 3. The maximum absolute atomic E-state index is 9.45. The van der Waals surface area contributed by atoms with Crippen LogP contribution in [0.4, 0.5) is 17.1 Å². The van der Waals surface area contributed by atoms with Crippen LogP contribution in [-0.2, 0) is 0 Å². The minimum atomic E-state index is -0.656. The van der Waals surface area contributed by atoms with Crippen molar-refractivity contribution in [3.8, 4) is 33.4 Å². The Balaban J connectivity index is 1.15. The predicted molar refractivity (Wildman–Crippen MR) is 220 cm³/mol. The van der Waals surface area contributed by atoms with Crippen LogP contribution in [0.15, 0.2) is 204 Å². The molecule has 0 saturated carbocycles. The third-order valence-electron chi connectivity index (χ3n) is 9.24. The molecule has 0 spiro atoms. The molecule has 2 heteroatoms. The van der Waals surface area contributed by atoms with Crippen LogP contribution in [0.5, 0.6) is 0 Å². The Morgan fingerprint density at radius 2 is 1.13 bits per heavy atom. The predicted octanol–water partition coefficient (Wildman–Crippen LogP) is 14.4. The van der Waals surface area contributed by atoms with Crippen molar-refractivity contribution in [2.45, 2.75) is 0 Å². The number of hydrogen-bond acceptors (Lipinski definition) is 2. The van der Waals surface area contributed by atoms with Crippen LogP contribution < -0.4 is 4.90 Å². The van der Waals surface area contributed by atoms with Crippen molar-refractivity contribution in [2.75, 3.05) is 4.90 Å². The molecule has 0 fully saturated rings. The second-order valence-electron chi connectivity index (χ2n) is 12.3. The molecule has 0 radical (unpaired) electrons. The quantitative estimate of drug-likeness (QED) is 0.174. The topological polar surface area (TPSA) is 16.4 Å². The standard InChI is InChI=1S/C50H33NO/c1-3-11-34(12-4-1)35-21-26-42(27-22-35)51(47-17-9-7-15-44(47)36-13-5-2-6-14-36)43-28-23-38-31-37(19-20-40(38)33-43)39-24-29-45-41(32-39)25-30-49-50(45)46-16-8-10-18-48(46)52-49/h1-33H/i1D,3D,4D,11D,12D,16D,21D,22D,25D,26D,27D,29D,30D. The molecule has 0 saturated heterocycles. The van der Waals surface area contributed by atoms with Gasteiger partial charge in [-0.1, -0.05) is 145 Å². The average molecular weight is 677 g/mol. The minimum absolute atomic E-state index is 0.0923. The molecule has 10 aromatic rings. The van der Waals surface area contributed by atoms with E-state index in [0.29, 0.717) is 44.1 Å². The van der Waals surface area contributed by atoms with Crippen molar-refractivity contribution in [3.05, 3.63) is 200 Å². The molecule has 0 aliphatic carbocycles. The summed E-state index contributed by atoms with van der Waals surface area (Å²) in [6.45, 7) is 0. The van der Waals surface area contributed by atoms with Crippen molar-refractivity contribution in [2.24, 2.45) is 0 Å². The molecule has 1 heterocycles. The van der Waals surface area contributed by atoms with E-state index in [9.17, 15) is 6.85 Å². The van der Waals surface area contributed by atoms with Crippen molar-refractivity contribution in [1.29, 1.82) is 0 Å². The lowest BCUT2D eigenvalue weighted by molar-refractivity contribution is 0.669. The highest BCUT2D eigenvalue weighted by atomic mass is 16.3. The highest BCUT2D eigenvalue weighted by Gasteiger charge is 2.18. The summed E-state index contributed by atoms with van der Waals surface area (Å²) in [6.07, 6.45) is 0. The summed E-state index contributed by atoms with van der Waals surface area (Å²) < 4.78 is 121. The number of fused-ring (bicyclic) bond motifs is 6. The van der Waals surface area contributed by atoms with E-state index < -0.39 is 65.5 Å². The zero-order valence-electron chi connectivity index (χ0n) is 40.4. The minimum Gasteiger partial charge on any atom is -0.456 e. The molecule has 52 heavy (non-hydrogen) atoms. The number of para-hydroxylation sites is 2. The number of rotatable bonds is 6. The first kappa shape index (κ1) is 19.5. The fourth-order valence-corrected chi connectivity index (χ4v) is 6.78. The highest BCUT2D eigenvalue weighted by molar-refractivity contribution is 6.19. The summed E-state index contributed by atoms with van der Waals surface area (Å²) in [5.41, 5.74) is 3.56. The molecule has 0 N–H and O–H groups in total. The summed E-state index contributed by atoms with van der Waals surface area (Å²) in [5, 5.41) is 3.30. The van der Waals surface area contributed by atoms with Crippen LogP contribution in [0.3, 0.4) is 0 Å². The van der Waals surface area contributed by atoms with Gasteiger partial charge in [-0.2, -0.15) is 0 Å². The fraction of sp³-hybridized carbons (Fsp3) is 0. The van der Waals surface area contributed by atoms with Gasteiger partial charge in [0.25, 0.3) is 0 Å². The Hall–Kier alpha value is -6.90. The molecule has 244 valence electrons. The third-order valence-corrected chi connectivity index (χ3v) is 9.24. The smallest absolute Gasteiger partial charge is 0.136 e. The average Bonchev–Trinajstić information content (AvgIpc) is 3.72. The van der Waals surface area contributed by atoms with E-state index in [4.69, 9.17) is 15.4 Å². The molecule has 0 atom stereocenters. The number of hydrogen-bond donors (Lipinski definition) is 0. The Labute approximate surface area is 320 Å². The Kier molecular flexibility index (Phi) is 4.67. The van der Waals surface area contributed by atoms with Gasteiger partial charge in [-0.15, -0.1) is 0 Å². The molecule has 0 bridgehead atoms. The maximum Gasteiger partial charge on any atom is 0.136 e. The molecule has 1 aromatic heterocycles. The monoisotopic (exact) mass is 676 g/mol. The molecule has 0 unspecified atom stereocenters. The normalized spacial score (nSPS) is 15.0. The molecule has 0 aliphatic heterocycles. The third kappa shape index (κ3) is 5.21. The van der Waals surface area contributed by atoms with Gasteiger partial charge in [0, 0.05) is 27.7 Å². The van der Waals surface area contributed by atoms with Crippen LogP contribution in [0.25, 0.3) is 76.9 Å². The first-order valence-electron chi connectivity index (χ1n) is 23.2. The van der Waals surface area contributed by atoms with Crippen molar-refractivity contribution in [3.63, 3.8) is 0 Å². The summed E-state index contributed by atoms with van der Waals surface area (Å²) >= 11 is 0. The summed E-state index contributed by atoms with van der Waals surface area (Å²) in [5.74, 6) is 0. The SMILES string of the molecule is [2H]c1c([2H])c([2H])c(-c2c([2H])c([2H])c(N(c3ccc4cc(-c5cc([2H])c6c(c5)c([2H])c([2H])c5oc7cccc([2H])c7c56)ccc4c3)c3ccccc3-c3ccccc3)c([2H])c2[2H])c([2H])c1[2H]. The van der Waals surface area contributed by atoms with E-state index in [1.165, 1.54) is 0 Å². The van der Waals surface area contributed by atoms with Crippen molar-refractivity contribution < 1.29 is 22.2 Å². The lowest BCUT2D eigenvalue weighted by Crippen LogP contribution is -2.11. The largest absolute Gasteiger partial charge is 0.456 e. The molecule has 0 amide bonds. The lowest BCUT2D eigenvalue weighted by Gasteiger charge is -2.28. The molecule has 0 aliphatic rings. The van der Waals surface area contributed by atoms with Crippen molar-refractivity contribution in [1.82, 2.24) is 0 Å². The maximum atomic E-state index is 9.45. The summed E-state index contributed by atoms with van der Waals surface area (Å²) in [7, 11) is 0. The van der Waals surface area contributed by atoms with E-state index in [0.717, 1.165) is 27.5 Å². The van der Waals surface area contributed by atoms with E-state index >= 15 is 0 Å². The second-order valence-corrected chi connectivity index (χ2v) is 12.3.